The molecule has 0 aliphatic carbocycles. The summed E-state index contributed by atoms with van der Waals surface area (Å²) in [5, 5.41) is 15.1. The molecule has 2 unspecified atom stereocenters. The van der Waals surface area contributed by atoms with Crippen molar-refractivity contribution in [2.24, 2.45) is 0 Å². The van der Waals surface area contributed by atoms with Gasteiger partial charge >= 0.3 is 0 Å². The highest BCUT2D eigenvalue weighted by Crippen LogP contribution is 2.22. The summed E-state index contributed by atoms with van der Waals surface area (Å²) in [5.41, 5.74) is 2.23. The van der Waals surface area contributed by atoms with Crippen LogP contribution in [0.2, 0.25) is 0 Å². The second kappa shape index (κ2) is 6.27. The summed E-state index contributed by atoms with van der Waals surface area (Å²) < 4.78 is 1.22. The van der Waals surface area contributed by atoms with Crippen molar-refractivity contribution < 1.29 is 5.11 Å². The summed E-state index contributed by atoms with van der Waals surface area (Å²) in [7, 11) is 0. The van der Waals surface area contributed by atoms with Gasteiger partial charge in [0.05, 0.1) is 16.3 Å². The number of pyridine rings is 1. The summed E-state index contributed by atoms with van der Waals surface area (Å²) in [6.07, 6.45) is 3.52. The highest BCUT2D eigenvalue weighted by molar-refractivity contribution is 7.17. The number of hydrogen-bond donors (Lipinski definition) is 2. The second-order valence-electron chi connectivity index (χ2n) is 4.65. The molecule has 18 heavy (non-hydrogen) atoms. The molecule has 0 saturated heterocycles. The molecule has 2 atom stereocenters. The van der Waals surface area contributed by atoms with E-state index < -0.39 is 0 Å². The molecule has 0 spiro atoms. The third-order valence-corrected chi connectivity index (χ3v) is 3.96. The topological polar surface area (TPSA) is 45.1 Å². The lowest BCUT2D eigenvalue weighted by Crippen LogP contribution is -2.29. The Hall–Kier alpha value is -0.970. The van der Waals surface area contributed by atoms with Crippen LogP contribution in [-0.4, -0.2) is 22.7 Å². The van der Waals surface area contributed by atoms with Crippen LogP contribution in [0.15, 0.2) is 23.7 Å². The zero-order valence-corrected chi connectivity index (χ0v) is 11.7. The van der Waals surface area contributed by atoms with E-state index in [1.807, 2.05) is 12.3 Å². The minimum Gasteiger partial charge on any atom is -0.392 e. The molecule has 4 heteroatoms. The lowest BCUT2D eigenvalue weighted by Gasteiger charge is -2.17. The number of fused-ring (bicyclic) bond motifs is 1. The third-order valence-electron chi connectivity index (χ3n) is 3.11. The van der Waals surface area contributed by atoms with E-state index in [9.17, 15) is 5.11 Å². The molecule has 0 bridgehead atoms. The quantitative estimate of drug-likeness (QED) is 0.842. The molecule has 2 aromatic heterocycles. The number of hydrogen-bond acceptors (Lipinski definition) is 4. The zero-order chi connectivity index (χ0) is 13.0. The van der Waals surface area contributed by atoms with Gasteiger partial charge in [0.15, 0.2) is 0 Å². The number of rotatable bonds is 6. The Kier molecular flexibility index (Phi) is 4.69. The van der Waals surface area contributed by atoms with Crippen molar-refractivity contribution >= 4 is 21.6 Å². The van der Waals surface area contributed by atoms with Crippen molar-refractivity contribution in [3.8, 4) is 0 Å². The van der Waals surface area contributed by atoms with Gasteiger partial charge in [-0.2, -0.15) is 0 Å². The van der Waals surface area contributed by atoms with E-state index in [1.165, 1.54) is 10.3 Å². The zero-order valence-electron chi connectivity index (χ0n) is 10.9. The summed E-state index contributed by atoms with van der Waals surface area (Å²) in [5.74, 6) is 0. The van der Waals surface area contributed by atoms with Crippen LogP contribution in [-0.2, 0) is 0 Å². The van der Waals surface area contributed by atoms with Crippen LogP contribution >= 0.6 is 11.3 Å². The van der Waals surface area contributed by atoms with Crippen LogP contribution in [0, 0.1) is 0 Å². The number of thiophene rings is 1. The van der Waals surface area contributed by atoms with Crippen LogP contribution in [0.5, 0.6) is 0 Å². The summed E-state index contributed by atoms with van der Waals surface area (Å²) >= 11 is 1.71. The van der Waals surface area contributed by atoms with Gasteiger partial charge in [0.25, 0.3) is 0 Å². The van der Waals surface area contributed by atoms with Crippen molar-refractivity contribution in [2.75, 3.05) is 6.54 Å². The summed E-state index contributed by atoms with van der Waals surface area (Å²) in [6, 6.07) is 4.43. The Morgan fingerprint density at radius 1 is 1.50 bits per heavy atom. The molecule has 2 aromatic rings. The maximum atomic E-state index is 9.71. The molecule has 0 aliphatic heterocycles. The molecule has 2 N–H and O–H groups in total. The van der Waals surface area contributed by atoms with Crippen LogP contribution in [0.4, 0.5) is 0 Å². The Morgan fingerprint density at radius 3 is 3.11 bits per heavy atom. The summed E-state index contributed by atoms with van der Waals surface area (Å²) in [4.78, 5) is 4.43. The molecule has 98 valence electrons. The predicted octanol–water partition coefficient (Wildman–Crippen LogP) is 3.11. The van der Waals surface area contributed by atoms with Crippen molar-refractivity contribution in [2.45, 2.75) is 38.8 Å². The lowest BCUT2D eigenvalue weighted by molar-refractivity contribution is 0.157. The highest BCUT2D eigenvalue weighted by Gasteiger charge is 2.09. The number of nitrogens with one attached hydrogen (secondary N) is 1. The molecule has 2 rings (SSSR count). The predicted molar refractivity (Wildman–Crippen MR) is 77.0 cm³/mol. The average molecular weight is 264 g/mol. The molecular formula is C14H20N2OS. The molecule has 2 heterocycles. The SMILES string of the molecule is CCCC(O)CNC(C)c1cnc2ccsc2c1. The van der Waals surface area contributed by atoms with Gasteiger partial charge in [0.2, 0.25) is 0 Å². The van der Waals surface area contributed by atoms with E-state index in [-0.39, 0.29) is 12.1 Å². The van der Waals surface area contributed by atoms with Gasteiger partial charge in [-0.15, -0.1) is 11.3 Å². The average Bonchev–Trinajstić information content (AvgIpc) is 2.83. The van der Waals surface area contributed by atoms with Gasteiger partial charge in [0, 0.05) is 18.8 Å². The monoisotopic (exact) mass is 264 g/mol. The number of aliphatic hydroxyl groups is 1. The van der Waals surface area contributed by atoms with E-state index in [0.717, 1.165) is 18.4 Å². The molecule has 0 aromatic carbocycles. The van der Waals surface area contributed by atoms with Gasteiger partial charge in [-0.1, -0.05) is 13.3 Å². The smallest absolute Gasteiger partial charge is 0.0809 e. The Balaban J connectivity index is 1.97. The third kappa shape index (κ3) is 3.28. The Bertz CT molecular complexity index is 497. The molecule has 0 amide bonds. The first kappa shape index (κ1) is 13.5. The van der Waals surface area contributed by atoms with Crippen LogP contribution < -0.4 is 5.32 Å². The molecular weight excluding hydrogens is 244 g/mol. The standard InChI is InChI=1S/C14H20N2OS/c1-3-4-12(17)9-15-10(2)11-7-14-13(16-8-11)5-6-18-14/h5-8,10,12,15,17H,3-4,9H2,1-2H3. The highest BCUT2D eigenvalue weighted by atomic mass is 32.1. The van der Waals surface area contributed by atoms with Crippen molar-refractivity contribution in [1.29, 1.82) is 0 Å². The van der Waals surface area contributed by atoms with Crippen molar-refractivity contribution in [3.63, 3.8) is 0 Å². The van der Waals surface area contributed by atoms with Gasteiger partial charge < -0.3 is 10.4 Å². The first-order valence-corrected chi connectivity index (χ1v) is 7.33. The van der Waals surface area contributed by atoms with E-state index in [0.29, 0.717) is 6.54 Å². The van der Waals surface area contributed by atoms with Gasteiger partial charge in [-0.25, -0.2) is 0 Å². The number of aromatic nitrogens is 1. The minimum atomic E-state index is -0.254. The molecule has 3 nitrogen and oxygen atoms in total. The van der Waals surface area contributed by atoms with Crippen LogP contribution in [0.25, 0.3) is 10.2 Å². The molecule has 0 saturated carbocycles. The first-order valence-electron chi connectivity index (χ1n) is 6.45. The number of nitrogens with zero attached hydrogens (tertiary/aromatic N) is 1. The van der Waals surface area contributed by atoms with E-state index in [4.69, 9.17) is 0 Å². The normalized spacial score (nSPS) is 14.8. The largest absolute Gasteiger partial charge is 0.392 e. The minimum absolute atomic E-state index is 0.218. The maximum absolute atomic E-state index is 9.71. The van der Waals surface area contributed by atoms with Gasteiger partial charge in [0.1, 0.15) is 0 Å². The van der Waals surface area contributed by atoms with E-state index in [1.54, 1.807) is 11.3 Å². The van der Waals surface area contributed by atoms with Gasteiger partial charge in [-0.05, 0) is 36.4 Å². The Labute approximate surface area is 112 Å². The van der Waals surface area contributed by atoms with Crippen LogP contribution in [0.3, 0.4) is 0 Å². The van der Waals surface area contributed by atoms with Crippen molar-refractivity contribution in [3.05, 3.63) is 29.3 Å². The number of aliphatic hydroxyl groups excluding tert-OH is 1. The summed E-state index contributed by atoms with van der Waals surface area (Å²) in [6.45, 7) is 4.83. The lowest BCUT2D eigenvalue weighted by atomic mass is 10.1. The van der Waals surface area contributed by atoms with E-state index in [2.05, 4.69) is 35.6 Å². The maximum Gasteiger partial charge on any atom is 0.0809 e. The molecule has 0 fully saturated rings. The van der Waals surface area contributed by atoms with Crippen LogP contribution in [0.1, 0.15) is 38.3 Å². The molecule has 0 radical (unpaired) electrons. The fourth-order valence-corrected chi connectivity index (χ4v) is 2.75. The molecule has 0 aliphatic rings. The fourth-order valence-electron chi connectivity index (χ4n) is 1.96. The second-order valence-corrected chi connectivity index (χ2v) is 5.59. The van der Waals surface area contributed by atoms with E-state index >= 15 is 0 Å². The Morgan fingerprint density at radius 2 is 2.33 bits per heavy atom. The first-order chi connectivity index (χ1) is 8.70. The fraction of sp³-hybridized carbons (Fsp3) is 0.500. The van der Waals surface area contributed by atoms with Gasteiger partial charge in [-0.3, -0.25) is 4.98 Å². The van der Waals surface area contributed by atoms with Crippen molar-refractivity contribution in [1.82, 2.24) is 10.3 Å².